The van der Waals surface area contributed by atoms with Crippen molar-refractivity contribution in [3.63, 3.8) is 0 Å². The molecule has 1 amide bonds. The minimum Gasteiger partial charge on any atom is -0.408 e. The van der Waals surface area contributed by atoms with Gasteiger partial charge >= 0.3 is 5.76 Å². The SMILES string of the molecule is Cn1c(=O)oc2ccc(C34CCC(C[C@@H](C#N)N5CCCO[C@H](C(N)=O)C5)(CC3)CC4)cc21. The van der Waals surface area contributed by atoms with Crippen LogP contribution < -0.4 is 11.5 Å². The lowest BCUT2D eigenvalue weighted by molar-refractivity contribution is -0.129. The third-order valence-corrected chi connectivity index (χ3v) is 8.65. The lowest BCUT2D eigenvalue weighted by Crippen LogP contribution is -2.49. The van der Waals surface area contributed by atoms with Gasteiger partial charge in [-0.2, -0.15) is 5.26 Å². The van der Waals surface area contributed by atoms with Crippen molar-refractivity contribution < 1.29 is 13.9 Å². The highest BCUT2D eigenvalue weighted by atomic mass is 16.5. The van der Waals surface area contributed by atoms with E-state index in [1.165, 1.54) is 5.56 Å². The Morgan fingerprint density at radius 1 is 1.27 bits per heavy atom. The summed E-state index contributed by atoms with van der Waals surface area (Å²) in [6.45, 7) is 1.66. The highest BCUT2D eigenvalue weighted by molar-refractivity contribution is 5.79. The van der Waals surface area contributed by atoms with Crippen molar-refractivity contribution in [2.24, 2.45) is 18.2 Å². The zero-order valence-corrected chi connectivity index (χ0v) is 19.2. The van der Waals surface area contributed by atoms with Gasteiger partial charge in [-0.15, -0.1) is 0 Å². The first-order valence-corrected chi connectivity index (χ1v) is 12.0. The normalized spacial score (nSPS) is 31.2. The van der Waals surface area contributed by atoms with Gasteiger partial charge in [0.25, 0.3) is 0 Å². The summed E-state index contributed by atoms with van der Waals surface area (Å²) < 4.78 is 12.5. The topological polar surface area (TPSA) is 114 Å². The summed E-state index contributed by atoms with van der Waals surface area (Å²) in [6, 6.07) is 8.50. The molecule has 6 rings (SSSR count). The monoisotopic (exact) mass is 452 g/mol. The van der Waals surface area contributed by atoms with Crippen LogP contribution in [0.5, 0.6) is 0 Å². The van der Waals surface area contributed by atoms with Crippen molar-refractivity contribution in [3.05, 3.63) is 34.3 Å². The summed E-state index contributed by atoms with van der Waals surface area (Å²) in [5.74, 6) is -0.782. The van der Waals surface area contributed by atoms with Crippen LogP contribution in [0.15, 0.2) is 27.4 Å². The molecule has 2 bridgehead atoms. The number of hydrogen-bond acceptors (Lipinski definition) is 6. The number of amides is 1. The Kier molecular flexibility index (Phi) is 5.58. The first kappa shape index (κ1) is 22.2. The van der Waals surface area contributed by atoms with Crippen molar-refractivity contribution in [1.82, 2.24) is 9.47 Å². The van der Waals surface area contributed by atoms with Crippen molar-refractivity contribution in [3.8, 4) is 6.07 Å². The maximum atomic E-state index is 11.9. The molecule has 3 saturated carbocycles. The van der Waals surface area contributed by atoms with Crippen molar-refractivity contribution in [2.45, 2.75) is 68.9 Å². The number of primary amides is 1. The van der Waals surface area contributed by atoms with Gasteiger partial charge in [0.1, 0.15) is 6.10 Å². The van der Waals surface area contributed by atoms with E-state index in [4.69, 9.17) is 14.9 Å². The second-order valence-corrected chi connectivity index (χ2v) is 10.3. The number of aromatic nitrogens is 1. The van der Waals surface area contributed by atoms with E-state index in [0.29, 0.717) is 18.7 Å². The average molecular weight is 453 g/mol. The summed E-state index contributed by atoms with van der Waals surface area (Å²) in [7, 11) is 1.75. The number of nitriles is 1. The van der Waals surface area contributed by atoms with E-state index in [0.717, 1.165) is 63.4 Å². The Balaban J connectivity index is 1.31. The summed E-state index contributed by atoms with van der Waals surface area (Å²) >= 11 is 0. The van der Waals surface area contributed by atoms with E-state index in [2.05, 4.69) is 23.1 Å². The molecule has 1 aliphatic heterocycles. The van der Waals surface area contributed by atoms with Crippen LogP contribution in [-0.4, -0.2) is 47.2 Å². The predicted octanol–water partition coefficient (Wildman–Crippen LogP) is 2.58. The highest BCUT2D eigenvalue weighted by Gasteiger charge is 2.50. The number of rotatable bonds is 5. The van der Waals surface area contributed by atoms with Crippen LogP contribution in [0.4, 0.5) is 0 Å². The zero-order valence-electron chi connectivity index (χ0n) is 19.2. The van der Waals surface area contributed by atoms with Gasteiger partial charge in [0.15, 0.2) is 5.58 Å². The van der Waals surface area contributed by atoms with Gasteiger partial charge in [0, 0.05) is 26.7 Å². The third kappa shape index (κ3) is 3.87. The molecule has 2 atom stereocenters. The lowest BCUT2D eigenvalue weighted by atomic mass is 9.50. The molecule has 1 aromatic carbocycles. The van der Waals surface area contributed by atoms with Gasteiger partial charge in [0.2, 0.25) is 5.91 Å². The van der Waals surface area contributed by atoms with Crippen molar-refractivity contribution >= 4 is 17.0 Å². The number of nitrogens with zero attached hydrogens (tertiary/aromatic N) is 3. The summed E-state index contributed by atoms with van der Waals surface area (Å²) in [5.41, 5.74) is 8.59. The van der Waals surface area contributed by atoms with Gasteiger partial charge < -0.3 is 14.9 Å². The molecule has 2 N–H and O–H groups in total. The maximum Gasteiger partial charge on any atom is 0.419 e. The molecule has 8 heteroatoms. The molecular weight excluding hydrogens is 420 g/mol. The molecule has 176 valence electrons. The fraction of sp³-hybridized carbons (Fsp3) is 0.640. The molecule has 0 spiro atoms. The molecular formula is C25H32N4O4. The van der Waals surface area contributed by atoms with E-state index in [-0.39, 0.29) is 22.6 Å². The molecule has 1 aromatic heterocycles. The van der Waals surface area contributed by atoms with E-state index in [1.807, 2.05) is 6.07 Å². The van der Waals surface area contributed by atoms with Crippen LogP contribution >= 0.6 is 0 Å². The van der Waals surface area contributed by atoms with Gasteiger partial charge in [-0.3, -0.25) is 14.3 Å². The molecule has 4 aliphatic rings. The second-order valence-electron chi connectivity index (χ2n) is 10.3. The first-order chi connectivity index (χ1) is 15.8. The van der Waals surface area contributed by atoms with Gasteiger partial charge in [-0.25, -0.2) is 4.79 Å². The van der Waals surface area contributed by atoms with Crippen LogP contribution in [0.3, 0.4) is 0 Å². The minimum absolute atomic E-state index is 0.138. The third-order valence-electron chi connectivity index (χ3n) is 8.65. The number of carbonyl (C=O) groups is 1. The van der Waals surface area contributed by atoms with E-state index in [9.17, 15) is 14.9 Å². The number of hydrogen-bond donors (Lipinski definition) is 1. The molecule has 0 radical (unpaired) electrons. The Bertz CT molecular complexity index is 1130. The Labute approximate surface area is 193 Å². The van der Waals surface area contributed by atoms with Crippen molar-refractivity contribution in [2.75, 3.05) is 19.7 Å². The highest BCUT2D eigenvalue weighted by Crippen LogP contribution is 2.59. The fourth-order valence-electron chi connectivity index (χ4n) is 6.43. The molecule has 1 saturated heterocycles. The summed E-state index contributed by atoms with van der Waals surface area (Å²) in [5, 5.41) is 10.0. The average Bonchev–Trinajstić information content (AvgIpc) is 2.99. The molecule has 2 heterocycles. The number of nitrogens with two attached hydrogens (primary N) is 1. The predicted molar refractivity (Wildman–Crippen MR) is 122 cm³/mol. The van der Waals surface area contributed by atoms with Gasteiger partial charge in [0.05, 0.1) is 17.6 Å². The number of fused-ring (bicyclic) bond motifs is 4. The second kappa shape index (κ2) is 8.30. The molecule has 2 aromatic rings. The largest absolute Gasteiger partial charge is 0.419 e. The molecule has 4 fully saturated rings. The smallest absolute Gasteiger partial charge is 0.408 e. The number of carbonyl (C=O) groups excluding carboxylic acids is 1. The van der Waals surface area contributed by atoms with E-state index in [1.54, 1.807) is 11.6 Å². The van der Waals surface area contributed by atoms with Crippen LogP contribution in [0.25, 0.3) is 11.1 Å². The van der Waals surface area contributed by atoms with Gasteiger partial charge in [-0.05, 0) is 79.9 Å². The number of aryl methyl sites for hydroxylation is 1. The molecule has 0 unspecified atom stereocenters. The van der Waals surface area contributed by atoms with E-state index < -0.39 is 12.0 Å². The van der Waals surface area contributed by atoms with Crippen LogP contribution in [0.1, 0.15) is 56.9 Å². The minimum atomic E-state index is -0.639. The molecule has 33 heavy (non-hydrogen) atoms. The first-order valence-electron chi connectivity index (χ1n) is 12.0. The Morgan fingerprint density at radius 2 is 2.00 bits per heavy atom. The quantitative estimate of drug-likeness (QED) is 0.746. The lowest BCUT2D eigenvalue weighted by Gasteiger charge is -2.55. The Morgan fingerprint density at radius 3 is 2.67 bits per heavy atom. The summed E-state index contributed by atoms with van der Waals surface area (Å²) in [6.07, 6.45) is 7.56. The maximum absolute atomic E-state index is 11.9. The number of ether oxygens (including phenoxy) is 1. The summed E-state index contributed by atoms with van der Waals surface area (Å²) in [4.78, 5) is 25.7. The van der Waals surface area contributed by atoms with Crippen LogP contribution in [0.2, 0.25) is 0 Å². The van der Waals surface area contributed by atoms with Crippen LogP contribution in [-0.2, 0) is 22.0 Å². The van der Waals surface area contributed by atoms with Crippen molar-refractivity contribution in [1.29, 1.82) is 5.26 Å². The van der Waals surface area contributed by atoms with Crippen LogP contribution in [0, 0.1) is 16.7 Å². The Hall–Kier alpha value is -2.63. The standard InChI is InChI=1S/C25H32N4O4/c1-28-19-13-17(3-4-20(19)33-23(28)31)25-8-5-24(6-9-25,7-10-25)14-18(15-26)29-11-2-12-32-21(16-29)22(27)30/h3-4,13,18,21H,2,5-12,14,16H2,1H3,(H2,27,30)/t18-,21-,24?,25?/m0/s1. The number of benzene rings is 1. The molecule has 3 aliphatic carbocycles. The zero-order chi connectivity index (χ0) is 23.2. The molecule has 8 nitrogen and oxygen atoms in total. The van der Waals surface area contributed by atoms with Gasteiger partial charge in [-0.1, -0.05) is 6.07 Å². The number of oxazole rings is 1. The fourth-order valence-corrected chi connectivity index (χ4v) is 6.43. The van der Waals surface area contributed by atoms with E-state index >= 15 is 0 Å².